The molecule has 0 aromatic carbocycles. The van der Waals surface area contributed by atoms with E-state index in [0.29, 0.717) is 0 Å². The molecule has 0 bridgehead atoms. The van der Waals surface area contributed by atoms with Crippen molar-refractivity contribution in [2.24, 2.45) is 0 Å². The summed E-state index contributed by atoms with van der Waals surface area (Å²) in [6.45, 7) is 4.22. The van der Waals surface area contributed by atoms with Gasteiger partial charge < -0.3 is 5.32 Å². The summed E-state index contributed by atoms with van der Waals surface area (Å²) in [7, 11) is 0. The van der Waals surface area contributed by atoms with E-state index >= 15 is 0 Å². The molecule has 1 aromatic rings. The third-order valence-corrected chi connectivity index (χ3v) is 3.44. The van der Waals surface area contributed by atoms with E-state index in [-0.39, 0.29) is 0 Å². The first-order chi connectivity index (χ1) is 6.34. The van der Waals surface area contributed by atoms with Crippen LogP contribution in [0.1, 0.15) is 18.2 Å². The minimum Gasteiger partial charge on any atom is -0.313 e. The first-order valence-corrected chi connectivity index (χ1v) is 6.12. The molecule has 0 fully saturated rings. The number of thiophene rings is 1. The van der Waals surface area contributed by atoms with Gasteiger partial charge in [0.05, 0.1) is 0 Å². The summed E-state index contributed by atoms with van der Waals surface area (Å²) in [4.78, 5) is 1.29. The van der Waals surface area contributed by atoms with Crippen molar-refractivity contribution >= 4 is 33.3 Å². The highest BCUT2D eigenvalue weighted by Gasteiger charge is 1.94. The number of rotatable bonds is 5. The zero-order valence-corrected chi connectivity index (χ0v) is 10.1. The highest BCUT2D eigenvalue weighted by Crippen LogP contribution is 2.23. The second-order valence-electron chi connectivity index (χ2n) is 2.74. The third-order valence-electron chi connectivity index (χ3n) is 1.60. The number of halogens is 1. The molecule has 0 saturated carbocycles. The standard InChI is InChI=1S/C10H14BrNS/c1-2-6-12-7-3-4-10-9(11)5-8-13-10/h3-5,8,12H,2,6-7H2,1H3/b4-3+. The van der Waals surface area contributed by atoms with Gasteiger partial charge in [-0.1, -0.05) is 13.0 Å². The van der Waals surface area contributed by atoms with Crippen LogP contribution in [0.4, 0.5) is 0 Å². The van der Waals surface area contributed by atoms with Crippen molar-refractivity contribution in [2.45, 2.75) is 13.3 Å². The van der Waals surface area contributed by atoms with Crippen LogP contribution in [-0.4, -0.2) is 13.1 Å². The van der Waals surface area contributed by atoms with Crippen molar-refractivity contribution in [3.63, 3.8) is 0 Å². The van der Waals surface area contributed by atoms with Crippen LogP contribution in [0.5, 0.6) is 0 Å². The predicted octanol–water partition coefficient (Wildman–Crippen LogP) is 3.52. The van der Waals surface area contributed by atoms with Gasteiger partial charge in [0.2, 0.25) is 0 Å². The fourth-order valence-corrected chi connectivity index (χ4v) is 2.38. The summed E-state index contributed by atoms with van der Waals surface area (Å²) in [6.07, 6.45) is 5.50. The molecular formula is C10H14BrNS. The van der Waals surface area contributed by atoms with E-state index in [1.807, 2.05) is 0 Å². The number of hydrogen-bond acceptors (Lipinski definition) is 2. The lowest BCUT2D eigenvalue weighted by Crippen LogP contribution is -2.13. The van der Waals surface area contributed by atoms with Crippen molar-refractivity contribution in [3.05, 3.63) is 26.9 Å². The second kappa shape index (κ2) is 6.35. The normalized spacial score (nSPS) is 11.2. The lowest BCUT2D eigenvalue weighted by Gasteiger charge is -1.95. The Balaban J connectivity index is 2.28. The van der Waals surface area contributed by atoms with E-state index in [1.165, 1.54) is 15.8 Å². The lowest BCUT2D eigenvalue weighted by atomic mass is 10.4. The van der Waals surface area contributed by atoms with Crippen molar-refractivity contribution in [1.29, 1.82) is 0 Å². The summed E-state index contributed by atoms with van der Waals surface area (Å²) in [5, 5.41) is 5.41. The highest BCUT2D eigenvalue weighted by molar-refractivity contribution is 9.10. The molecule has 0 atom stereocenters. The zero-order valence-electron chi connectivity index (χ0n) is 7.72. The van der Waals surface area contributed by atoms with Gasteiger partial charge in [-0.2, -0.15) is 0 Å². The van der Waals surface area contributed by atoms with Crippen LogP contribution in [0.25, 0.3) is 6.08 Å². The van der Waals surface area contributed by atoms with Crippen molar-refractivity contribution < 1.29 is 0 Å². The summed E-state index contributed by atoms with van der Waals surface area (Å²) < 4.78 is 1.18. The molecule has 0 aliphatic rings. The topological polar surface area (TPSA) is 12.0 Å². The molecule has 0 radical (unpaired) electrons. The molecule has 1 N–H and O–H groups in total. The largest absolute Gasteiger partial charge is 0.313 e. The maximum atomic E-state index is 3.49. The molecule has 0 spiro atoms. The zero-order chi connectivity index (χ0) is 9.52. The van der Waals surface area contributed by atoms with Crippen LogP contribution in [0, 0.1) is 0 Å². The van der Waals surface area contributed by atoms with Crippen LogP contribution in [0.15, 0.2) is 22.0 Å². The molecule has 0 amide bonds. The van der Waals surface area contributed by atoms with Crippen LogP contribution in [0.2, 0.25) is 0 Å². The molecule has 0 aliphatic heterocycles. The smallest absolute Gasteiger partial charge is 0.0409 e. The van der Waals surface area contributed by atoms with E-state index in [1.54, 1.807) is 11.3 Å². The molecule has 1 heterocycles. The summed E-state index contributed by atoms with van der Waals surface area (Å²) in [5.41, 5.74) is 0. The van der Waals surface area contributed by atoms with Gasteiger partial charge in [0.25, 0.3) is 0 Å². The fourth-order valence-electron chi connectivity index (χ4n) is 0.953. The Hall–Kier alpha value is -0.120. The predicted molar refractivity (Wildman–Crippen MR) is 64.2 cm³/mol. The Labute approximate surface area is 92.0 Å². The average molecular weight is 260 g/mol. The molecular weight excluding hydrogens is 246 g/mol. The van der Waals surface area contributed by atoms with Crippen LogP contribution < -0.4 is 5.32 Å². The van der Waals surface area contributed by atoms with Gasteiger partial charge in [-0.3, -0.25) is 0 Å². The first kappa shape index (κ1) is 11.0. The molecule has 1 rings (SSSR count). The Morgan fingerprint density at radius 1 is 1.62 bits per heavy atom. The van der Waals surface area contributed by atoms with Gasteiger partial charge in [0, 0.05) is 15.9 Å². The van der Waals surface area contributed by atoms with Gasteiger partial charge in [-0.25, -0.2) is 0 Å². The molecule has 0 saturated heterocycles. The van der Waals surface area contributed by atoms with Gasteiger partial charge >= 0.3 is 0 Å². The van der Waals surface area contributed by atoms with Gasteiger partial charge in [-0.05, 0) is 46.4 Å². The fraction of sp³-hybridized carbons (Fsp3) is 0.400. The Kier molecular flexibility index (Phi) is 5.35. The van der Waals surface area contributed by atoms with Gasteiger partial charge in [-0.15, -0.1) is 11.3 Å². The molecule has 3 heteroatoms. The number of nitrogens with one attached hydrogen (secondary N) is 1. The lowest BCUT2D eigenvalue weighted by molar-refractivity contribution is 0.730. The van der Waals surface area contributed by atoms with Crippen LogP contribution in [0.3, 0.4) is 0 Å². The Morgan fingerprint density at radius 3 is 3.08 bits per heavy atom. The Bertz CT molecular complexity index is 268. The highest BCUT2D eigenvalue weighted by atomic mass is 79.9. The van der Waals surface area contributed by atoms with Crippen molar-refractivity contribution in [3.8, 4) is 0 Å². The van der Waals surface area contributed by atoms with Crippen molar-refractivity contribution in [1.82, 2.24) is 5.32 Å². The summed E-state index contributed by atoms with van der Waals surface area (Å²) in [6, 6.07) is 2.07. The molecule has 1 nitrogen and oxygen atoms in total. The van der Waals surface area contributed by atoms with E-state index in [2.05, 4.69) is 51.8 Å². The van der Waals surface area contributed by atoms with E-state index in [9.17, 15) is 0 Å². The van der Waals surface area contributed by atoms with Crippen LogP contribution >= 0.6 is 27.3 Å². The first-order valence-electron chi connectivity index (χ1n) is 4.45. The third kappa shape index (κ3) is 4.07. The minimum absolute atomic E-state index is 0.957. The quantitative estimate of drug-likeness (QED) is 0.799. The summed E-state index contributed by atoms with van der Waals surface area (Å²) in [5.74, 6) is 0. The second-order valence-corrected chi connectivity index (χ2v) is 4.54. The monoisotopic (exact) mass is 259 g/mol. The molecule has 13 heavy (non-hydrogen) atoms. The van der Waals surface area contributed by atoms with E-state index in [0.717, 1.165) is 13.1 Å². The SMILES string of the molecule is CCCNC/C=C/c1sccc1Br. The number of hydrogen-bond donors (Lipinski definition) is 1. The van der Waals surface area contributed by atoms with Crippen LogP contribution in [-0.2, 0) is 0 Å². The molecule has 0 unspecified atom stereocenters. The van der Waals surface area contributed by atoms with Crippen molar-refractivity contribution in [2.75, 3.05) is 13.1 Å². The summed E-state index contributed by atoms with van der Waals surface area (Å²) >= 11 is 5.24. The molecule has 72 valence electrons. The van der Waals surface area contributed by atoms with E-state index in [4.69, 9.17) is 0 Å². The molecule has 0 aliphatic carbocycles. The Morgan fingerprint density at radius 2 is 2.46 bits per heavy atom. The maximum absolute atomic E-state index is 3.49. The minimum atomic E-state index is 0.957. The molecule has 1 aromatic heterocycles. The van der Waals surface area contributed by atoms with Gasteiger partial charge in [0.15, 0.2) is 0 Å². The van der Waals surface area contributed by atoms with E-state index < -0.39 is 0 Å². The maximum Gasteiger partial charge on any atom is 0.0409 e. The average Bonchev–Trinajstić information content (AvgIpc) is 2.52. The van der Waals surface area contributed by atoms with Gasteiger partial charge in [0.1, 0.15) is 0 Å².